The van der Waals surface area contributed by atoms with Crippen LogP contribution < -0.4 is 10.6 Å². The highest BCUT2D eigenvalue weighted by atomic mass is 32.1. The molecule has 0 radical (unpaired) electrons. The number of carbonyl (C=O) groups is 2. The Morgan fingerprint density at radius 2 is 2.13 bits per heavy atom. The van der Waals surface area contributed by atoms with Gasteiger partial charge in [0.25, 0.3) is 0 Å². The van der Waals surface area contributed by atoms with Crippen LogP contribution in [-0.2, 0) is 11.3 Å². The fraction of sp³-hybridized carbons (Fsp3) is 0.143. The number of nitrogens with one attached hydrogen (secondary N) is 2. The summed E-state index contributed by atoms with van der Waals surface area (Å²) in [6, 6.07) is 7.22. The molecule has 0 atom stereocenters. The van der Waals surface area contributed by atoms with Gasteiger partial charge in [0.05, 0.1) is 7.11 Å². The Morgan fingerprint density at radius 1 is 1.30 bits per heavy atom. The summed E-state index contributed by atoms with van der Waals surface area (Å²) < 4.78 is 5.79. The van der Waals surface area contributed by atoms with Gasteiger partial charge in [0, 0.05) is 16.8 Å². The number of benzene rings is 1. The van der Waals surface area contributed by atoms with Crippen molar-refractivity contribution in [2.45, 2.75) is 6.54 Å². The molecular weight excluding hydrogens is 336 g/mol. The van der Waals surface area contributed by atoms with Crippen molar-refractivity contribution in [2.24, 2.45) is 0 Å². The lowest BCUT2D eigenvalue weighted by atomic mass is 10.1. The van der Waals surface area contributed by atoms with Crippen LogP contribution in [0.5, 0.6) is 0 Å². The van der Waals surface area contributed by atoms with Crippen LogP contribution >= 0.6 is 22.7 Å². The SMILES string of the molecule is COC(=O)c1sc2ccccc2c1CNC(=O)Nc1nncs1. The van der Waals surface area contributed by atoms with Gasteiger partial charge in [0.1, 0.15) is 10.4 Å². The zero-order valence-corrected chi connectivity index (χ0v) is 13.7. The highest BCUT2D eigenvalue weighted by Gasteiger charge is 2.19. The van der Waals surface area contributed by atoms with Crippen molar-refractivity contribution in [1.29, 1.82) is 0 Å². The number of esters is 1. The third-order valence-corrected chi connectivity index (χ3v) is 4.88. The van der Waals surface area contributed by atoms with E-state index in [2.05, 4.69) is 20.8 Å². The summed E-state index contributed by atoms with van der Waals surface area (Å²) in [5.74, 6) is -0.410. The Hall–Kier alpha value is -2.52. The van der Waals surface area contributed by atoms with E-state index in [9.17, 15) is 9.59 Å². The van der Waals surface area contributed by atoms with Crippen LogP contribution in [-0.4, -0.2) is 29.3 Å². The van der Waals surface area contributed by atoms with E-state index in [4.69, 9.17) is 4.74 Å². The fourth-order valence-corrected chi connectivity index (χ4v) is 3.65. The van der Waals surface area contributed by atoms with Gasteiger partial charge in [-0.3, -0.25) is 5.32 Å². The first-order valence-electron chi connectivity index (χ1n) is 6.58. The summed E-state index contributed by atoms with van der Waals surface area (Å²) in [5, 5.41) is 14.0. The summed E-state index contributed by atoms with van der Waals surface area (Å²) in [7, 11) is 1.34. The van der Waals surface area contributed by atoms with E-state index in [1.165, 1.54) is 35.3 Å². The van der Waals surface area contributed by atoms with E-state index in [0.29, 0.717) is 10.0 Å². The third kappa shape index (κ3) is 3.30. The number of rotatable bonds is 4. The van der Waals surface area contributed by atoms with E-state index in [-0.39, 0.29) is 6.54 Å². The molecular formula is C14H12N4O3S2. The molecule has 0 aliphatic carbocycles. The minimum Gasteiger partial charge on any atom is -0.465 e. The van der Waals surface area contributed by atoms with Gasteiger partial charge in [0.2, 0.25) is 5.13 Å². The number of carbonyl (C=O) groups excluding carboxylic acids is 2. The van der Waals surface area contributed by atoms with E-state index in [1.54, 1.807) is 0 Å². The first-order valence-corrected chi connectivity index (χ1v) is 8.28. The molecule has 9 heteroatoms. The lowest BCUT2D eigenvalue weighted by Gasteiger charge is -2.06. The number of ether oxygens (including phenoxy) is 1. The number of hydrogen-bond acceptors (Lipinski definition) is 7. The summed E-state index contributed by atoms with van der Waals surface area (Å²) in [6.07, 6.45) is 0. The number of hydrogen-bond donors (Lipinski definition) is 2. The largest absolute Gasteiger partial charge is 0.465 e. The van der Waals surface area contributed by atoms with Crippen molar-refractivity contribution in [1.82, 2.24) is 15.5 Å². The molecule has 2 N–H and O–H groups in total. The summed E-state index contributed by atoms with van der Waals surface area (Å²) in [5.41, 5.74) is 2.27. The van der Waals surface area contributed by atoms with Crippen LogP contribution in [0, 0.1) is 0 Å². The van der Waals surface area contributed by atoms with Crippen molar-refractivity contribution in [2.75, 3.05) is 12.4 Å². The van der Waals surface area contributed by atoms with Crippen molar-refractivity contribution < 1.29 is 14.3 Å². The number of urea groups is 1. The molecule has 0 aliphatic rings. The minimum absolute atomic E-state index is 0.207. The number of amides is 2. The molecule has 0 fully saturated rings. The van der Waals surface area contributed by atoms with Crippen molar-refractivity contribution in [3.05, 3.63) is 40.2 Å². The summed E-state index contributed by atoms with van der Waals surface area (Å²) >= 11 is 2.57. The average Bonchev–Trinajstić information content (AvgIpc) is 3.19. The van der Waals surface area contributed by atoms with Crippen molar-refractivity contribution in [3.63, 3.8) is 0 Å². The lowest BCUT2D eigenvalue weighted by Crippen LogP contribution is -2.28. The van der Waals surface area contributed by atoms with Gasteiger partial charge in [-0.15, -0.1) is 21.5 Å². The van der Waals surface area contributed by atoms with Crippen LogP contribution in [0.2, 0.25) is 0 Å². The quantitative estimate of drug-likeness (QED) is 0.707. The van der Waals surface area contributed by atoms with Gasteiger partial charge >= 0.3 is 12.0 Å². The normalized spacial score (nSPS) is 10.5. The molecule has 0 saturated heterocycles. The number of aromatic nitrogens is 2. The highest BCUT2D eigenvalue weighted by molar-refractivity contribution is 7.21. The maximum absolute atomic E-state index is 11.9. The molecule has 2 amide bonds. The van der Waals surface area contributed by atoms with E-state index >= 15 is 0 Å². The molecule has 0 saturated carbocycles. The molecule has 118 valence electrons. The van der Waals surface area contributed by atoms with Crippen LogP contribution in [0.1, 0.15) is 15.2 Å². The Bertz CT molecular complexity index is 845. The molecule has 2 aromatic heterocycles. The monoisotopic (exact) mass is 348 g/mol. The first kappa shape index (κ1) is 15.4. The van der Waals surface area contributed by atoms with E-state index in [0.717, 1.165) is 15.6 Å². The Labute approximate surface area is 139 Å². The maximum Gasteiger partial charge on any atom is 0.348 e. The number of fused-ring (bicyclic) bond motifs is 1. The standard InChI is InChI=1S/C14H12N4O3S2/c1-21-12(19)11-9(8-4-2-3-5-10(8)23-11)6-15-13(20)17-14-18-16-7-22-14/h2-5,7H,6H2,1H3,(H2,15,17,18,20). The summed E-state index contributed by atoms with van der Waals surface area (Å²) in [4.78, 5) is 24.3. The van der Waals surface area contributed by atoms with Crippen molar-refractivity contribution in [3.8, 4) is 0 Å². The Morgan fingerprint density at radius 3 is 2.87 bits per heavy atom. The smallest absolute Gasteiger partial charge is 0.348 e. The van der Waals surface area contributed by atoms with Crippen molar-refractivity contribution >= 4 is 49.9 Å². The maximum atomic E-state index is 11.9. The van der Waals surface area contributed by atoms with Gasteiger partial charge in [-0.05, 0) is 11.5 Å². The minimum atomic E-state index is -0.410. The highest BCUT2D eigenvalue weighted by Crippen LogP contribution is 2.31. The van der Waals surface area contributed by atoms with Crippen LogP contribution in [0.15, 0.2) is 29.8 Å². The zero-order valence-electron chi connectivity index (χ0n) is 12.0. The number of nitrogens with zero attached hydrogens (tertiary/aromatic N) is 2. The van der Waals surface area contributed by atoms with Gasteiger partial charge in [-0.25, -0.2) is 9.59 Å². The second kappa shape index (κ2) is 6.71. The molecule has 0 spiro atoms. The number of anilines is 1. The van der Waals surface area contributed by atoms with Gasteiger partial charge in [-0.2, -0.15) is 0 Å². The molecule has 0 bridgehead atoms. The van der Waals surface area contributed by atoms with Crippen LogP contribution in [0.25, 0.3) is 10.1 Å². The predicted molar refractivity (Wildman–Crippen MR) is 88.9 cm³/mol. The predicted octanol–water partition coefficient (Wildman–Crippen LogP) is 2.86. The number of thiophene rings is 1. The molecule has 0 aliphatic heterocycles. The molecule has 23 heavy (non-hydrogen) atoms. The molecule has 3 rings (SSSR count). The fourth-order valence-electron chi connectivity index (χ4n) is 2.07. The second-order valence-corrected chi connectivity index (χ2v) is 6.33. The van der Waals surface area contributed by atoms with Gasteiger partial charge in [0.15, 0.2) is 0 Å². The molecule has 3 aromatic rings. The second-order valence-electron chi connectivity index (χ2n) is 4.45. The first-order chi connectivity index (χ1) is 11.2. The third-order valence-electron chi connectivity index (χ3n) is 3.08. The topological polar surface area (TPSA) is 93.2 Å². The number of methoxy groups -OCH3 is 1. The van der Waals surface area contributed by atoms with Gasteiger partial charge < -0.3 is 10.1 Å². The summed E-state index contributed by atoms with van der Waals surface area (Å²) in [6.45, 7) is 0.207. The van der Waals surface area contributed by atoms with Crippen LogP contribution in [0.3, 0.4) is 0 Å². The zero-order chi connectivity index (χ0) is 16.2. The lowest BCUT2D eigenvalue weighted by molar-refractivity contribution is 0.0605. The average molecular weight is 348 g/mol. The molecule has 1 aromatic carbocycles. The molecule has 0 unspecified atom stereocenters. The molecule has 7 nitrogen and oxygen atoms in total. The molecule has 2 heterocycles. The van der Waals surface area contributed by atoms with Crippen LogP contribution in [0.4, 0.5) is 9.93 Å². The Balaban J connectivity index is 1.81. The van der Waals surface area contributed by atoms with Gasteiger partial charge in [-0.1, -0.05) is 29.5 Å². The van der Waals surface area contributed by atoms with E-state index < -0.39 is 12.0 Å². The van der Waals surface area contributed by atoms with E-state index in [1.807, 2.05) is 24.3 Å². The Kier molecular flexibility index (Phi) is 4.49.